The Labute approximate surface area is 124 Å². The van der Waals surface area contributed by atoms with Crippen molar-refractivity contribution >= 4 is 45.2 Å². The van der Waals surface area contributed by atoms with Crippen LogP contribution in [0, 0.1) is 0 Å². The summed E-state index contributed by atoms with van der Waals surface area (Å²) in [6.45, 7) is 6.16. The average Bonchev–Trinajstić information content (AvgIpc) is 2.41. The molecule has 1 heterocycles. The summed E-state index contributed by atoms with van der Waals surface area (Å²) in [7, 11) is 0. The van der Waals surface area contributed by atoms with Crippen LogP contribution in [0.15, 0.2) is 4.73 Å². The number of hydrogen-bond donors (Lipinski definition) is 1. The molecule has 0 bridgehead atoms. The minimum Gasteiger partial charge on any atom is -0.448 e. The van der Waals surface area contributed by atoms with E-state index in [1.165, 1.54) is 0 Å². The van der Waals surface area contributed by atoms with Gasteiger partial charge in [-0.05, 0) is 36.7 Å². The molecular formula is C10H14BrCl2N3O2. The monoisotopic (exact) mass is 357 g/mol. The molecule has 0 spiro atoms. The maximum atomic E-state index is 11.4. The molecule has 1 amide bonds. The molecule has 0 saturated carbocycles. The van der Waals surface area contributed by atoms with Gasteiger partial charge in [0.15, 0.2) is 9.89 Å². The van der Waals surface area contributed by atoms with Crippen molar-refractivity contribution in [1.82, 2.24) is 14.9 Å². The van der Waals surface area contributed by atoms with Gasteiger partial charge in [-0.25, -0.2) is 9.78 Å². The lowest BCUT2D eigenvalue weighted by Gasteiger charge is -2.20. The zero-order valence-corrected chi connectivity index (χ0v) is 13.4. The van der Waals surface area contributed by atoms with Crippen molar-refractivity contribution in [3.63, 3.8) is 0 Å². The van der Waals surface area contributed by atoms with Gasteiger partial charge >= 0.3 is 6.09 Å². The van der Waals surface area contributed by atoms with Crippen LogP contribution in [0.2, 0.25) is 10.3 Å². The third-order valence-electron chi connectivity index (χ3n) is 1.85. The highest BCUT2D eigenvalue weighted by Gasteiger charge is 2.15. The fourth-order valence-electron chi connectivity index (χ4n) is 1.14. The quantitative estimate of drug-likeness (QED) is 0.899. The topological polar surface area (TPSA) is 56.1 Å². The molecule has 0 aliphatic rings. The second-order valence-corrected chi connectivity index (χ2v) is 6.05. The highest BCUT2D eigenvalue weighted by atomic mass is 79.9. The summed E-state index contributed by atoms with van der Waals surface area (Å²) in [5.74, 6) is 0. The van der Waals surface area contributed by atoms with E-state index in [1.54, 1.807) is 4.57 Å². The van der Waals surface area contributed by atoms with Crippen molar-refractivity contribution < 1.29 is 9.53 Å². The zero-order valence-electron chi connectivity index (χ0n) is 10.3. The van der Waals surface area contributed by atoms with Gasteiger partial charge in [0, 0.05) is 5.54 Å². The van der Waals surface area contributed by atoms with Crippen LogP contribution in [0.5, 0.6) is 0 Å². The number of nitrogens with one attached hydrogen (secondary N) is 1. The molecule has 0 radical (unpaired) electrons. The van der Waals surface area contributed by atoms with Crippen LogP contribution in [0.25, 0.3) is 0 Å². The van der Waals surface area contributed by atoms with Gasteiger partial charge in [0.1, 0.15) is 11.8 Å². The lowest BCUT2D eigenvalue weighted by atomic mass is 10.1. The molecule has 0 aliphatic carbocycles. The molecule has 1 N–H and O–H groups in total. The van der Waals surface area contributed by atoms with Crippen molar-refractivity contribution in [3.05, 3.63) is 15.0 Å². The average molecular weight is 359 g/mol. The van der Waals surface area contributed by atoms with E-state index in [1.807, 2.05) is 20.8 Å². The van der Waals surface area contributed by atoms with E-state index in [-0.39, 0.29) is 17.3 Å². The number of carbonyl (C=O) groups excluding carboxylic acids is 1. The maximum Gasteiger partial charge on any atom is 0.407 e. The number of amides is 1. The summed E-state index contributed by atoms with van der Waals surface area (Å²) in [4.78, 5) is 15.3. The summed E-state index contributed by atoms with van der Waals surface area (Å²) in [6, 6.07) is 0. The van der Waals surface area contributed by atoms with Crippen LogP contribution < -0.4 is 5.32 Å². The Bertz CT molecular complexity index is 443. The molecule has 0 fully saturated rings. The Balaban J connectivity index is 2.45. The third-order valence-corrected chi connectivity index (χ3v) is 3.19. The Morgan fingerprint density at radius 1 is 1.50 bits per heavy atom. The first-order valence-electron chi connectivity index (χ1n) is 5.22. The summed E-state index contributed by atoms with van der Waals surface area (Å²) in [6.07, 6.45) is -0.471. The van der Waals surface area contributed by atoms with Crippen LogP contribution in [-0.4, -0.2) is 27.8 Å². The van der Waals surface area contributed by atoms with E-state index < -0.39 is 6.09 Å². The molecule has 5 nitrogen and oxygen atoms in total. The van der Waals surface area contributed by atoms with Crippen molar-refractivity contribution in [2.24, 2.45) is 0 Å². The van der Waals surface area contributed by atoms with Gasteiger partial charge in [0.2, 0.25) is 0 Å². The highest BCUT2D eigenvalue weighted by Crippen LogP contribution is 2.25. The SMILES string of the molecule is CC(C)(C)NC(=O)OCCn1c(Br)nc(Cl)c1Cl. The molecule has 0 unspecified atom stereocenters. The first kappa shape index (κ1) is 15.6. The molecule has 1 rings (SSSR count). The Hall–Kier alpha value is -0.460. The second kappa shape index (κ2) is 6.12. The lowest BCUT2D eigenvalue weighted by molar-refractivity contribution is 0.133. The van der Waals surface area contributed by atoms with Gasteiger partial charge in [-0.2, -0.15) is 0 Å². The zero-order chi connectivity index (χ0) is 13.9. The molecule has 1 aromatic rings. The van der Waals surface area contributed by atoms with E-state index in [4.69, 9.17) is 27.9 Å². The van der Waals surface area contributed by atoms with Crippen molar-refractivity contribution in [2.75, 3.05) is 6.61 Å². The van der Waals surface area contributed by atoms with Gasteiger partial charge in [-0.1, -0.05) is 23.2 Å². The predicted molar refractivity (Wildman–Crippen MR) is 74.2 cm³/mol. The Morgan fingerprint density at radius 2 is 2.11 bits per heavy atom. The second-order valence-electron chi connectivity index (χ2n) is 4.63. The van der Waals surface area contributed by atoms with E-state index in [2.05, 4.69) is 26.2 Å². The van der Waals surface area contributed by atoms with Crippen molar-refractivity contribution in [3.8, 4) is 0 Å². The number of imidazole rings is 1. The first-order chi connectivity index (χ1) is 8.20. The lowest BCUT2D eigenvalue weighted by Crippen LogP contribution is -2.41. The van der Waals surface area contributed by atoms with E-state index in [9.17, 15) is 4.79 Å². The number of hydrogen-bond acceptors (Lipinski definition) is 3. The Morgan fingerprint density at radius 3 is 2.56 bits per heavy atom. The number of halogens is 3. The molecule has 0 aliphatic heterocycles. The normalized spacial score (nSPS) is 11.4. The van der Waals surface area contributed by atoms with Crippen LogP contribution in [0.1, 0.15) is 20.8 Å². The summed E-state index contributed by atoms with van der Waals surface area (Å²) in [5.41, 5.74) is -0.326. The van der Waals surface area contributed by atoms with E-state index in [0.717, 1.165) is 0 Å². The number of carbonyl (C=O) groups is 1. The minimum atomic E-state index is -0.471. The fourth-order valence-corrected chi connectivity index (χ4v) is 2.27. The van der Waals surface area contributed by atoms with Crippen LogP contribution in [0.4, 0.5) is 4.79 Å². The molecule has 8 heteroatoms. The van der Waals surface area contributed by atoms with Gasteiger partial charge in [0.05, 0.1) is 6.54 Å². The Kier molecular flexibility index (Phi) is 5.31. The minimum absolute atomic E-state index is 0.174. The van der Waals surface area contributed by atoms with Crippen LogP contribution in [0.3, 0.4) is 0 Å². The van der Waals surface area contributed by atoms with Crippen molar-refractivity contribution in [2.45, 2.75) is 32.9 Å². The summed E-state index contributed by atoms with van der Waals surface area (Å²) < 4.78 is 7.12. The van der Waals surface area contributed by atoms with E-state index in [0.29, 0.717) is 16.4 Å². The molecule has 0 saturated heterocycles. The largest absolute Gasteiger partial charge is 0.448 e. The van der Waals surface area contributed by atoms with Gasteiger partial charge < -0.3 is 14.6 Å². The number of alkyl carbamates (subject to hydrolysis) is 1. The summed E-state index contributed by atoms with van der Waals surface area (Å²) in [5, 5.41) is 3.20. The maximum absolute atomic E-state index is 11.4. The predicted octanol–water partition coefficient (Wildman–Crippen LogP) is 3.48. The first-order valence-corrected chi connectivity index (χ1v) is 6.77. The molecule has 102 valence electrons. The third kappa shape index (κ3) is 4.66. The number of aromatic nitrogens is 2. The van der Waals surface area contributed by atoms with Crippen LogP contribution in [-0.2, 0) is 11.3 Å². The fraction of sp³-hybridized carbons (Fsp3) is 0.600. The van der Waals surface area contributed by atoms with Gasteiger partial charge in [-0.3, -0.25) is 0 Å². The molecule has 0 atom stereocenters. The molecule has 1 aromatic heterocycles. The van der Waals surface area contributed by atoms with E-state index >= 15 is 0 Å². The van der Waals surface area contributed by atoms with Gasteiger partial charge in [-0.15, -0.1) is 0 Å². The highest BCUT2D eigenvalue weighted by molar-refractivity contribution is 9.10. The molecular weight excluding hydrogens is 345 g/mol. The number of nitrogens with zero attached hydrogens (tertiary/aromatic N) is 2. The smallest absolute Gasteiger partial charge is 0.407 e. The van der Waals surface area contributed by atoms with Crippen LogP contribution >= 0.6 is 39.1 Å². The molecule has 0 aromatic carbocycles. The van der Waals surface area contributed by atoms with Crippen molar-refractivity contribution in [1.29, 1.82) is 0 Å². The summed E-state index contributed by atoms with van der Waals surface area (Å²) >= 11 is 14.9. The van der Waals surface area contributed by atoms with Gasteiger partial charge in [0.25, 0.3) is 0 Å². The molecule has 18 heavy (non-hydrogen) atoms. The standard InChI is InChI=1S/C10H14BrCl2N3O2/c1-10(2,3)15-9(17)18-5-4-16-7(13)6(12)14-8(16)11/h4-5H2,1-3H3,(H,15,17). The number of rotatable bonds is 3. The number of ether oxygens (including phenoxy) is 1.